The van der Waals surface area contributed by atoms with Gasteiger partial charge in [0.2, 0.25) is 0 Å². The van der Waals surface area contributed by atoms with E-state index in [9.17, 15) is 0 Å². The monoisotopic (exact) mass is 287 g/mol. The van der Waals surface area contributed by atoms with Crippen LogP contribution in [0.1, 0.15) is 5.56 Å². The third-order valence-corrected chi connectivity index (χ3v) is 4.03. The van der Waals surface area contributed by atoms with Crippen LogP contribution in [-0.2, 0) is 6.54 Å². The van der Waals surface area contributed by atoms with Crippen molar-refractivity contribution in [2.45, 2.75) is 6.54 Å². The zero-order valence-electron chi connectivity index (χ0n) is 12.3. The van der Waals surface area contributed by atoms with E-state index in [4.69, 9.17) is 4.98 Å². The Bertz CT molecular complexity index is 839. The first-order chi connectivity index (χ1) is 10.9. The van der Waals surface area contributed by atoms with Crippen molar-refractivity contribution in [3.05, 3.63) is 66.2 Å². The van der Waals surface area contributed by atoms with Crippen LogP contribution in [0.4, 0.5) is 0 Å². The van der Waals surface area contributed by atoms with E-state index in [1.54, 1.807) is 0 Å². The van der Waals surface area contributed by atoms with Gasteiger partial charge in [0.25, 0.3) is 0 Å². The Hall–Kier alpha value is -2.68. The van der Waals surface area contributed by atoms with Gasteiger partial charge >= 0.3 is 0 Å². The molecule has 0 radical (unpaired) electrons. The van der Waals surface area contributed by atoms with Crippen molar-refractivity contribution >= 4 is 17.2 Å². The van der Waals surface area contributed by atoms with Crippen LogP contribution in [0.3, 0.4) is 0 Å². The van der Waals surface area contributed by atoms with Gasteiger partial charge < -0.3 is 4.90 Å². The van der Waals surface area contributed by atoms with Crippen molar-refractivity contribution in [1.29, 1.82) is 0 Å². The zero-order chi connectivity index (χ0) is 14.8. The van der Waals surface area contributed by atoms with Crippen molar-refractivity contribution in [3.63, 3.8) is 0 Å². The van der Waals surface area contributed by atoms with Gasteiger partial charge in [-0.05, 0) is 17.7 Å². The summed E-state index contributed by atoms with van der Waals surface area (Å²) in [6.07, 6.45) is 1.95. The maximum atomic E-state index is 4.83. The smallest absolute Gasteiger partial charge is 0.0854 e. The highest BCUT2D eigenvalue weighted by atomic mass is 15.2. The number of fused-ring (bicyclic) bond motifs is 1. The number of pyridine rings is 1. The molecule has 0 atom stereocenters. The lowest BCUT2D eigenvalue weighted by molar-refractivity contribution is 0.463. The van der Waals surface area contributed by atoms with E-state index in [1.807, 2.05) is 18.5 Å². The quantitative estimate of drug-likeness (QED) is 0.734. The molecule has 2 aromatic carbocycles. The summed E-state index contributed by atoms with van der Waals surface area (Å²) in [6.45, 7) is 2.78. The van der Waals surface area contributed by atoms with E-state index in [-0.39, 0.29) is 0 Å². The number of nitrogens with zero attached hydrogens (tertiary/aromatic N) is 3. The van der Waals surface area contributed by atoms with Crippen molar-refractivity contribution in [2.75, 3.05) is 13.1 Å². The molecule has 22 heavy (non-hydrogen) atoms. The van der Waals surface area contributed by atoms with Crippen LogP contribution < -0.4 is 0 Å². The Morgan fingerprint density at radius 3 is 2.68 bits per heavy atom. The van der Waals surface area contributed by atoms with Crippen molar-refractivity contribution in [1.82, 2.24) is 9.88 Å². The summed E-state index contributed by atoms with van der Waals surface area (Å²) >= 11 is 0. The molecule has 0 amide bonds. The highest BCUT2D eigenvalue weighted by molar-refractivity contribution is 5.82. The van der Waals surface area contributed by atoms with Crippen LogP contribution in [0.15, 0.2) is 65.7 Å². The van der Waals surface area contributed by atoms with Crippen LogP contribution in [0, 0.1) is 0 Å². The molecule has 1 aromatic heterocycles. The van der Waals surface area contributed by atoms with Crippen molar-refractivity contribution in [2.24, 2.45) is 4.99 Å². The largest absolute Gasteiger partial charge is 0.357 e. The Morgan fingerprint density at radius 1 is 0.909 bits per heavy atom. The topological polar surface area (TPSA) is 28.5 Å². The third kappa shape index (κ3) is 2.46. The second-order valence-electron chi connectivity index (χ2n) is 5.54. The minimum atomic E-state index is 0.883. The minimum Gasteiger partial charge on any atom is -0.357 e. The molecule has 108 valence electrons. The number of para-hydroxylation sites is 1. The van der Waals surface area contributed by atoms with E-state index < -0.39 is 0 Å². The molecular weight excluding hydrogens is 270 g/mol. The fourth-order valence-corrected chi connectivity index (χ4v) is 2.88. The van der Waals surface area contributed by atoms with E-state index in [1.165, 1.54) is 16.5 Å². The average Bonchev–Trinajstić information content (AvgIpc) is 3.08. The van der Waals surface area contributed by atoms with Gasteiger partial charge in [0.05, 0.1) is 24.1 Å². The Morgan fingerprint density at radius 2 is 1.77 bits per heavy atom. The number of benzene rings is 2. The number of aromatic nitrogens is 1. The van der Waals surface area contributed by atoms with Crippen LogP contribution in [-0.4, -0.2) is 29.3 Å². The molecule has 0 spiro atoms. The lowest BCUT2D eigenvalue weighted by atomic mass is 10.0. The Balaban J connectivity index is 1.75. The van der Waals surface area contributed by atoms with E-state index in [0.29, 0.717) is 0 Å². The Kier molecular flexibility index (Phi) is 3.31. The fraction of sp³-hybridized carbons (Fsp3) is 0.158. The molecule has 0 saturated heterocycles. The first kappa shape index (κ1) is 13.0. The molecule has 1 aliphatic rings. The maximum absolute atomic E-state index is 4.83. The predicted octanol–water partition coefficient (Wildman–Crippen LogP) is 3.75. The first-order valence-corrected chi connectivity index (χ1v) is 7.58. The van der Waals surface area contributed by atoms with Crippen LogP contribution >= 0.6 is 0 Å². The fourth-order valence-electron chi connectivity index (χ4n) is 2.88. The molecule has 0 saturated carbocycles. The maximum Gasteiger partial charge on any atom is 0.0854 e. The summed E-state index contributed by atoms with van der Waals surface area (Å²) in [4.78, 5) is 11.4. The van der Waals surface area contributed by atoms with E-state index in [2.05, 4.69) is 58.4 Å². The lowest BCUT2D eigenvalue weighted by Crippen LogP contribution is -2.19. The molecule has 0 fully saturated rings. The summed E-state index contributed by atoms with van der Waals surface area (Å²) in [7, 11) is 0. The van der Waals surface area contributed by atoms with Gasteiger partial charge in [-0.15, -0.1) is 0 Å². The van der Waals surface area contributed by atoms with Gasteiger partial charge in [-0.25, -0.2) is 4.98 Å². The minimum absolute atomic E-state index is 0.883. The summed E-state index contributed by atoms with van der Waals surface area (Å²) in [5.41, 5.74) is 4.56. The summed E-state index contributed by atoms with van der Waals surface area (Å²) in [6, 6.07) is 21.0. The number of rotatable bonds is 3. The van der Waals surface area contributed by atoms with Gasteiger partial charge in [0.1, 0.15) is 0 Å². The second kappa shape index (κ2) is 5.60. The average molecular weight is 287 g/mol. The zero-order valence-corrected chi connectivity index (χ0v) is 12.3. The van der Waals surface area contributed by atoms with Gasteiger partial charge in [0, 0.05) is 24.0 Å². The Labute approximate surface area is 129 Å². The molecule has 0 unspecified atom stereocenters. The third-order valence-electron chi connectivity index (χ3n) is 4.03. The molecule has 2 heterocycles. The second-order valence-corrected chi connectivity index (χ2v) is 5.54. The highest BCUT2D eigenvalue weighted by Gasteiger charge is 2.11. The number of aliphatic imine (C=N–C) groups is 1. The summed E-state index contributed by atoms with van der Waals surface area (Å²) < 4.78 is 0. The predicted molar refractivity (Wildman–Crippen MR) is 90.9 cm³/mol. The molecule has 4 rings (SSSR count). The molecule has 0 bridgehead atoms. The van der Waals surface area contributed by atoms with Crippen molar-refractivity contribution in [3.8, 4) is 11.3 Å². The molecule has 1 aliphatic heterocycles. The number of hydrogen-bond acceptors (Lipinski definition) is 3. The first-order valence-electron chi connectivity index (χ1n) is 7.58. The molecule has 0 N–H and O–H groups in total. The van der Waals surface area contributed by atoms with Gasteiger partial charge in [-0.1, -0.05) is 48.5 Å². The lowest BCUT2D eigenvalue weighted by Gasteiger charge is -2.16. The summed E-state index contributed by atoms with van der Waals surface area (Å²) in [5, 5.41) is 1.18. The normalized spacial score (nSPS) is 13.9. The standard InChI is InChI=1S/C19H17N3/c1-3-7-17(16(6-1)13-22-12-11-20-14-22)19-10-9-15-5-2-4-8-18(15)21-19/h1-10,14H,11-13H2. The molecule has 0 aliphatic carbocycles. The molecule has 3 heteroatoms. The van der Waals surface area contributed by atoms with Gasteiger partial charge in [-0.3, -0.25) is 4.99 Å². The van der Waals surface area contributed by atoms with Crippen LogP contribution in [0.2, 0.25) is 0 Å². The van der Waals surface area contributed by atoms with Crippen LogP contribution in [0.5, 0.6) is 0 Å². The molecule has 3 nitrogen and oxygen atoms in total. The highest BCUT2D eigenvalue weighted by Crippen LogP contribution is 2.25. The van der Waals surface area contributed by atoms with Crippen LogP contribution in [0.25, 0.3) is 22.2 Å². The summed E-state index contributed by atoms with van der Waals surface area (Å²) in [5.74, 6) is 0. The van der Waals surface area contributed by atoms with Crippen molar-refractivity contribution < 1.29 is 0 Å². The van der Waals surface area contributed by atoms with Gasteiger partial charge in [0.15, 0.2) is 0 Å². The molecule has 3 aromatic rings. The SMILES string of the molecule is C1=NCCN1Cc1ccccc1-c1ccc2ccccc2n1. The molecular formula is C19H17N3. The van der Waals surface area contributed by atoms with Gasteiger partial charge in [-0.2, -0.15) is 0 Å². The number of hydrogen-bond donors (Lipinski definition) is 0. The van der Waals surface area contributed by atoms with E-state index in [0.717, 1.165) is 30.8 Å². The van der Waals surface area contributed by atoms with E-state index >= 15 is 0 Å².